The summed E-state index contributed by atoms with van der Waals surface area (Å²) in [4.78, 5) is 22.0. The number of anilines is 1. The van der Waals surface area contributed by atoms with E-state index < -0.39 is 22.9 Å². The number of amides is 1. The van der Waals surface area contributed by atoms with Crippen LogP contribution in [0.5, 0.6) is 0 Å². The second kappa shape index (κ2) is 12.7. The molecule has 0 bridgehead atoms. The largest absolute Gasteiger partial charge is 0.434 e. The Balaban J connectivity index is 1.49. The minimum Gasteiger partial charge on any atom is -0.369 e. The summed E-state index contributed by atoms with van der Waals surface area (Å²) in [5.41, 5.74) is 13.5. The lowest BCUT2D eigenvalue weighted by Gasteiger charge is -2.36. The van der Waals surface area contributed by atoms with Crippen molar-refractivity contribution >= 4 is 45.8 Å². The number of rotatable bonds is 11. The van der Waals surface area contributed by atoms with E-state index in [9.17, 15) is 18.0 Å². The number of pyridine rings is 1. The maximum atomic E-state index is 13.2. The number of aromatic amines is 1. The number of unbranched alkanes of at least 4 members (excludes halogenated alkanes) is 1. The van der Waals surface area contributed by atoms with Gasteiger partial charge in [0.2, 0.25) is 5.91 Å². The molecule has 0 radical (unpaired) electrons. The van der Waals surface area contributed by atoms with E-state index in [1.807, 2.05) is 18.2 Å². The average Bonchev–Trinajstić information content (AvgIpc) is 3.25. The molecule has 0 saturated carbocycles. The number of fused-ring (bicyclic) bond motifs is 3. The van der Waals surface area contributed by atoms with E-state index in [1.54, 1.807) is 0 Å². The maximum Gasteiger partial charge on any atom is 0.434 e. The second-order valence-electron chi connectivity index (χ2n) is 9.60. The first-order valence-electron chi connectivity index (χ1n) is 12.8. The van der Waals surface area contributed by atoms with Crippen LogP contribution in [0.4, 0.5) is 19.0 Å². The molecule has 3 heterocycles. The third-order valence-electron chi connectivity index (χ3n) is 6.92. The molecule has 0 spiro atoms. The van der Waals surface area contributed by atoms with Crippen LogP contribution in [0.3, 0.4) is 0 Å². The van der Waals surface area contributed by atoms with E-state index in [0.717, 1.165) is 41.4 Å². The topological polar surface area (TPSA) is 125 Å². The minimum absolute atomic E-state index is 0.0815. The first-order valence-corrected chi connectivity index (χ1v) is 13.6. The molecular formula is C26H32Cl2F3N7O. The van der Waals surface area contributed by atoms with Crippen molar-refractivity contribution in [3.63, 3.8) is 0 Å². The highest BCUT2D eigenvalue weighted by Crippen LogP contribution is 2.36. The van der Waals surface area contributed by atoms with E-state index in [0.29, 0.717) is 44.2 Å². The molecule has 0 saturated heterocycles. The van der Waals surface area contributed by atoms with E-state index in [1.165, 1.54) is 12.1 Å². The number of H-pyrrole nitrogens is 1. The van der Waals surface area contributed by atoms with Crippen LogP contribution >= 0.6 is 23.2 Å². The molecule has 2 unspecified atom stereocenters. The normalized spacial score (nSPS) is 16.7. The molecule has 0 fully saturated rings. The third kappa shape index (κ3) is 7.15. The lowest BCUT2D eigenvalue weighted by molar-refractivity contribution is -0.141. The fourth-order valence-electron chi connectivity index (χ4n) is 4.92. The number of nitrogens with two attached hydrogens (primary N) is 2. The van der Waals surface area contributed by atoms with Crippen molar-refractivity contribution in [3.05, 3.63) is 57.3 Å². The molecule has 1 aromatic carbocycles. The van der Waals surface area contributed by atoms with Crippen LogP contribution in [0.15, 0.2) is 30.3 Å². The molecule has 212 valence electrons. The van der Waals surface area contributed by atoms with Crippen LogP contribution in [0.1, 0.15) is 42.3 Å². The highest BCUT2D eigenvalue weighted by molar-refractivity contribution is 6.31. The van der Waals surface area contributed by atoms with Gasteiger partial charge >= 0.3 is 6.18 Å². The van der Waals surface area contributed by atoms with Gasteiger partial charge in [0.1, 0.15) is 5.82 Å². The Morgan fingerprint density at radius 2 is 2.03 bits per heavy atom. The zero-order valence-electron chi connectivity index (χ0n) is 21.3. The van der Waals surface area contributed by atoms with Crippen molar-refractivity contribution in [2.75, 3.05) is 38.0 Å². The average molecular weight is 586 g/mol. The van der Waals surface area contributed by atoms with Gasteiger partial charge in [-0.15, -0.1) is 0 Å². The Morgan fingerprint density at radius 1 is 1.23 bits per heavy atom. The SMILES string of the molecule is NCCCCC(N)C(=O)NCC1c2[nH]c3ccc(Cl)cc3c2CCN1CCNc1ccc(Cl)c(C(F)(F)F)n1. The molecule has 39 heavy (non-hydrogen) atoms. The summed E-state index contributed by atoms with van der Waals surface area (Å²) in [5.74, 6) is -0.153. The zero-order valence-corrected chi connectivity index (χ0v) is 22.8. The molecule has 8 nitrogen and oxygen atoms in total. The van der Waals surface area contributed by atoms with Gasteiger partial charge in [-0.25, -0.2) is 4.98 Å². The summed E-state index contributed by atoms with van der Waals surface area (Å²) in [5, 5.41) is 7.18. The van der Waals surface area contributed by atoms with Crippen molar-refractivity contribution in [1.82, 2.24) is 20.2 Å². The van der Waals surface area contributed by atoms with Gasteiger partial charge in [-0.1, -0.05) is 29.6 Å². The second-order valence-corrected chi connectivity index (χ2v) is 10.4. The predicted molar refractivity (Wildman–Crippen MR) is 148 cm³/mol. The van der Waals surface area contributed by atoms with E-state index in [2.05, 4.69) is 25.5 Å². The van der Waals surface area contributed by atoms with Crippen molar-refractivity contribution < 1.29 is 18.0 Å². The number of nitrogens with zero attached hydrogens (tertiary/aromatic N) is 2. The fourth-order valence-corrected chi connectivity index (χ4v) is 5.31. The number of carbonyl (C=O) groups is 1. The number of alkyl halides is 3. The third-order valence-corrected chi connectivity index (χ3v) is 7.46. The number of halogens is 5. The Morgan fingerprint density at radius 3 is 2.77 bits per heavy atom. The van der Waals surface area contributed by atoms with Crippen molar-refractivity contribution in [2.45, 2.75) is 43.9 Å². The standard InChI is InChI=1S/C26H32Cl2F3N7O/c27-15-4-6-20-17(13-15)16-8-11-38(12-10-34-22-7-5-18(28)24(37-22)26(29,30)31)21(23(16)36-20)14-35-25(39)19(33)3-1-2-9-32/h4-7,13,19,21,36H,1-3,8-12,14,32-33H2,(H,34,37)(H,35,39). The van der Waals surface area contributed by atoms with Crippen LogP contribution in [-0.4, -0.2) is 59.5 Å². The van der Waals surface area contributed by atoms with Gasteiger partial charge in [0.25, 0.3) is 0 Å². The van der Waals surface area contributed by atoms with Crippen LogP contribution in [-0.2, 0) is 17.4 Å². The lowest BCUT2D eigenvalue weighted by atomic mass is 9.97. The van der Waals surface area contributed by atoms with Crippen LogP contribution in [0, 0.1) is 0 Å². The van der Waals surface area contributed by atoms with Gasteiger partial charge in [-0.05, 0) is 61.7 Å². The first kappa shape index (κ1) is 29.4. The van der Waals surface area contributed by atoms with Crippen LogP contribution in [0.25, 0.3) is 10.9 Å². The number of hydrogen-bond acceptors (Lipinski definition) is 6. The molecule has 0 aliphatic carbocycles. The maximum absolute atomic E-state index is 13.2. The molecular weight excluding hydrogens is 554 g/mol. The molecule has 2 aromatic heterocycles. The molecule has 1 amide bonds. The quantitative estimate of drug-likeness (QED) is 0.211. The molecule has 13 heteroatoms. The first-order chi connectivity index (χ1) is 18.6. The van der Waals surface area contributed by atoms with Crippen molar-refractivity contribution in [3.8, 4) is 0 Å². The lowest BCUT2D eigenvalue weighted by Crippen LogP contribution is -2.47. The summed E-state index contributed by atoms with van der Waals surface area (Å²) in [6, 6.07) is 7.43. The number of hydrogen-bond donors (Lipinski definition) is 5. The Bertz CT molecular complexity index is 1300. The molecule has 1 aliphatic rings. The Hall–Kier alpha value is -2.57. The number of nitrogens with one attached hydrogen (secondary N) is 3. The summed E-state index contributed by atoms with van der Waals surface area (Å²) in [6.07, 6.45) is -1.78. The van der Waals surface area contributed by atoms with Gasteiger partial charge in [-0.3, -0.25) is 9.69 Å². The number of benzene rings is 1. The monoisotopic (exact) mass is 585 g/mol. The number of aromatic nitrogens is 2. The highest BCUT2D eigenvalue weighted by Gasteiger charge is 2.35. The smallest absolute Gasteiger partial charge is 0.369 e. The van der Waals surface area contributed by atoms with Gasteiger partial charge < -0.3 is 27.1 Å². The molecule has 4 rings (SSSR count). The predicted octanol–water partition coefficient (Wildman–Crippen LogP) is 4.47. The highest BCUT2D eigenvalue weighted by atomic mass is 35.5. The van der Waals surface area contributed by atoms with E-state index >= 15 is 0 Å². The summed E-state index contributed by atoms with van der Waals surface area (Å²) in [6.45, 7) is 2.36. The molecule has 1 aliphatic heterocycles. The van der Waals surface area contributed by atoms with Crippen molar-refractivity contribution in [2.24, 2.45) is 11.5 Å². The zero-order chi connectivity index (χ0) is 28.2. The van der Waals surface area contributed by atoms with Gasteiger partial charge in [0, 0.05) is 47.8 Å². The van der Waals surface area contributed by atoms with Gasteiger partial charge in [0.15, 0.2) is 5.69 Å². The van der Waals surface area contributed by atoms with Gasteiger partial charge in [0.05, 0.1) is 17.1 Å². The molecule has 3 aromatic rings. The van der Waals surface area contributed by atoms with Crippen LogP contribution < -0.4 is 22.1 Å². The molecule has 7 N–H and O–H groups in total. The Kier molecular flexibility index (Phi) is 9.60. The van der Waals surface area contributed by atoms with Gasteiger partial charge in [-0.2, -0.15) is 13.2 Å². The number of carbonyl (C=O) groups excluding carboxylic acids is 1. The Labute approximate surface area is 234 Å². The summed E-state index contributed by atoms with van der Waals surface area (Å²) < 4.78 is 39.6. The molecule has 2 atom stereocenters. The van der Waals surface area contributed by atoms with E-state index in [4.69, 9.17) is 34.7 Å². The van der Waals surface area contributed by atoms with Crippen molar-refractivity contribution in [1.29, 1.82) is 0 Å². The minimum atomic E-state index is -4.65. The van der Waals surface area contributed by atoms with Crippen LogP contribution in [0.2, 0.25) is 10.0 Å². The van der Waals surface area contributed by atoms with E-state index in [-0.39, 0.29) is 17.8 Å². The summed E-state index contributed by atoms with van der Waals surface area (Å²) in [7, 11) is 0. The summed E-state index contributed by atoms with van der Waals surface area (Å²) >= 11 is 11.9. The fraction of sp³-hybridized carbons (Fsp3) is 0.462.